The Hall–Kier alpha value is -2.71. The first kappa shape index (κ1) is 23.9. The number of unbranched alkanes of at least 4 members (excludes halogenated alkanes) is 3. The lowest BCUT2D eigenvalue weighted by atomic mass is 10.1. The minimum Gasteiger partial charge on any atom is -0.493 e. The van der Waals surface area contributed by atoms with Crippen LogP contribution in [0, 0.1) is 0 Å². The molecule has 2 amide bonds. The summed E-state index contributed by atoms with van der Waals surface area (Å²) in [5, 5.41) is 2.64. The largest absolute Gasteiger partial charge is 0.493 e. The molecule has 0 aliphatic carbocycles. The van der Waals surface area contributed by atoms with Gasteiger partial charge in [-0.1, -0.05) is 44.4 Å². The third-order valence-electron chi connectivity index (χ3n) is 4.92. The van der Waals surface area contributed by atoms with E-state index in [1.54, 1.807) is 43.5 Å². The average Bonchev–Trinajstić information content (AvgIpc) is 2.78. The highest BCUT2D eigenvalue weighted by atomic mass is 79.9. The Bertz CT molecular complexity index is 1040. The fraction of sp³-hybridized carbons (Fsp3) is 0.292. The van der Waals surface area contributed by atoms with E-state index in [-0.39, 0.29) is 10.7 Å². The van der Waals surface area contributed by atoms with Crippen molar-refractivity contribution < 1.29 is 19.1 Å². The van der Waals surface area contributed by atoms with Crippen molar-refractivity contribution in [3.05, 3.63) is 58.1 Å². The second-order valence-corrected chi connectivity index (χ2v) is 8.48. The lowest BCUT2D eigenvalue weighted by molar-refractivity contribution is -0.122. The maximum absolute atomic E-state index is 13.1. The minimum atomic E-state index is -0.543. The first-order valence-electron chi connectivity index (χ1n) is 10.4. The standard InChI is InChI=1S/C24H25BrN2O4S/c1-3-4-5-9-12-31-21-19(25)14-16(15-20(21)30-2)13-18-22(28)26-24(32)27(23(18)29)17-10-7-6-8-11-17/h6-8,10-11,13-15H,3-5,9,12H2,1-2H3,(H,26,28,32)/b18-13-. The maximum atomic E-state index is 13.1. The molecule has 0 aromatic heterocycles. The van der Waals surface area contributed by atoms with Gasteiger partial charge in [0, 0.05) is 0 Å². The molecule has 1 aliphatic rings. The molecule has 8 heteroatoms. The number of hydrogen-bond acceptors (Lipinski definition) is 5. The van der Waals surface area contributed by atoms with Crippen molar-refractivity contribution in [1.82, 2.24) is 5.32 Å². The Morgan fingerprint density at radius 3 is 2.56 bits per heavy atom. The molecule has 1 heterocycles. The summed E-state index contributed by atoms with van der Waals surface area (Å²) in [6, 6.07) is 12.5. The van der Waals surface area contributed by atoms with Crippen LogP contribution in [-0.2, 0) is 9.59 Å². The van der Waals surface area contributed by atoms with E-state index >= 15 is 0 Å². The lowest BCUT2D eigenvalue weighted by Crippen LogP contribution is -2.54. The van der Waals surface area contributed by atoms with E-state index in [1.165, 1.54) is 17.4 Å². The van der Waals surface area contributed by atoms with Crippen LogP contribution in [0.3, 0.4) is 0 Å². The number of methoxy groups -OCH3 is 1. The van der Waals surface area contributed by atoms with Crippen LogP contribution in [-0.4, -0.2) is 30.6 Å². The molecule has 0 radical (unpaired) electrons. The molecule has 1 saturated heterocycles. The van der Waals surface area contributed by atoms with Gasteiger partial charge in [-0.3, -0.25) is 19.8 Å². The molecule has 2 aromatic rings. The molecule has 168 valence electrons. The van der Waals surface area contributed by atoms with E-state index in [9.17, 15) is 9.59 Å². The Morgan fingerprint density at radius 2 is 1.88 bits per heavy atom. The van der Waals surface area contributed by atoms with E-state index < -0.39 is 11.8 Å². The van der Waals surface area contributed by atoms with Crippen LogP contribution in [0.2, 0.25) is 0 Å². The van der Waals surface area contributed by atoms with Gasteiger partial charge >= 0.3 is 0 Å². The van der Waals surface area contributed by atoms with E-state index in [2.05, 4.69) is 28.2 Å². The summed E-state index contributed by atoms with van der Waals surface area (Å²) in [6.45, 7) is 2.75. The van der Waals surface area contributed by atoms with Crippen LogP contribution in [0.4, 0.5) is 5.69 Å². The summed E-state index contributed by atoms with van der Waals surface area (Å²) in [5.41, 5.74) is 1.18. The molecular weight excluding hydrogens is 492 g/mol. The molecule has 0 bridgehead atoms. The molecular formula is C24H25BrN2O4S. The van der Waals surface area contributed by atoms with Gasteiger partial charge in [0.1, 0.15) is 5.57 Å². The van der Waals surface area contributed by atoms with Crippen LogP contribution >= 0.6 is 28.1 Å². The monoisotopic (exact) mass is 516 g/mol. The van der Waals surface area contributed by atoms with Crippen molar-refractivity contribution in [2.24, 2.45) is 0 Å². The smallest absolute Gasteiger partial charge is 0.270 e. The van der Waals surface area contributed by atoms with Gasteiger partial charge < -0.3 is 9.47 Å². The van der Waals surface area contributed by atoms with Crippen molar-refractivity contribution in [1.29, 1.82) is 0 Å². The highest BCUT2D eigenvalue weighted by Crippen LogP contribution is 2.37. The molecule has 6 nitrogen and oxygen atoms in total. The van der Waals surface area contributed by atoms with Crippen LogP contribution < -0.4 is 19.7 Å². The van der Waals surface area contributed by atoms with Gasteiger partial charge in [-0.2, -0.15) is 0 Å². The third kappa shape index (κ3) is 5.55. The lowest BCUT2D eigenvalue weighted by Gasteiger charge is -2.28. The Kier molecular flexibility index (Phi) is 8.41. The molecule has 32 heavy (non-hydrogen) atoms. The Labute approximate surface area is 201 Å². The fourth-order valence-electron chi connectivity index (χ4n) is 3.30. The van der Waals surface area contributed by atoms with E-state index in [0.717, 1.165) is 19.3 Å². The molecule has 3 rings (SSSR count). The second-order valence-electron chi connectivity index (χ2n) is 7.24. The van der Waals surface area contributed by atoms with Crippen LogP contribution in [0.15, 0.2) is 52.5 Å². The number of nitrogens with zero attached hydrogens (tertiary/aromatic N) is 1. The number of hydrogen-bond donors (Lipinski definition) is 1. The minimum absolute atomic E-state index is 0.0235. The summed E-state index contributed by atoms with van der Waals surface area (Å²) in [6.07, 6.45) is 5.92. The summed E-state index contributed by atoms with van der Waals surface area (Å²) in [5.74, 6) is 0.0771. The molecule has 1 fully saturated rings. The van der Waals surface area contributed by atoms with E-state index in [0.29, 0.717) is 33.8 Å². The summed E-state index contributed by atoms with van der Waals surface area (Å²) >= 11 is 8.75. The number of para-hydroxylation sites is 1. The molecule has 0 spiro atoms. The normalized spacial score (nSPS) is 15.2. The number of nitrogens with one attached hydrogen (secondary N) is 1. The maximum Gasteiger partial charge on any atom is 0.270 e. The van der Waals surface area contributed by atoms with Gasteiger partial charge in [0.2, 0.25) is 0 Å². The average molecular weight is 517 g/mol. The fourth-order valence-corrected chi connectivity index (χ4v) is 4.16. The molecule has 0 saturated carbocycles. The SMILES string of the molecule is CCCCCCOc1c(Br)cc(/C=C2/C(=O)NC(=S)N(c3ccccc3)C2=O)cc1OC. The number of thiocarbonyl (C=S) groups is 1. The van der Waals surface area contributed by atoms with Gasteiger partial charge in [0.05, 0.1) is 23.9 Å². The zero-order chi connectivity index (χ0) is 23.1. The summed E-state index contributed by atoms with van der Waals surface area (Å²) < 4.78 is 12.1. The van der Waals surface area contributed by atoms with Gasteiger partial charge in [-0.25, -0.2) is 0 Å². The van der Waals surface area contributed by atoms with Crippen molar-refractivity contribution in [3.8, 4) is 11.5 Å². The number of carbonyl (C=O) groups excluding carboxylic acids is 2. The predicted molar refractivity (Wildman–Crippen MR) is 133 cm³/mol. The Morgan fingerprint density at radius 1 is 1.12 bits per heavy atom. The van der Waals surface area contributed by atoms with Crippen molar-refractivity contribution in [2.75, 3.05) is 18.6 Å². The summed E-state index contributed by atoms with van der Waals surface area (Å²) in [4.78, 5) is 27.0. The number of ether oxygens (including phenoxy) is 2. The number of carbonyl (C=O) groups is 2. The van der Waals surface area contributed by atoms with Gasteiger partial charge in [0.15, 0.2) is 16.6 Å². The number of amides is 2. The molecule has 2 aromatic carbocycles. The topological polar surface area (TPSA) is 67.9 Å². The quantitative estimate of drug-likeness (QED) is 0.213. The molecule has 0 atom stereocenters. The zero-order valence-corrected chi connectivity index (χ0v) is 20.4. The van der Waals surface area contributed by atoms with Gasteiger partial charge in [-0.15, -0.1) is 0 Å². The second kappa shape index (κ2) is 11.2. The first-order valence-corrected chi connectivity index (χ1v) is 11.6. The number of rotatable bonds is 9. The van der Waals surface area contributed by atoms with Gasteiger partial charge in [-0.05, 0) is 70.5 Å². The van der Waals surface area contributed by atoms with Crippen LogP contribution in [0.1, 0.15) is 38.2 Å². The zero-order valence-electron chi connectivity index (χ0n) is 18.0. The van der Waals surface area contributed by atoms with E-state index in [1.807, 2.05) is 6.07 Å². The molecule has 1 N–H and O–H groups in total. The number of benzene rings is 2. The number of halogens is 1. The first-order chi connectivity index (χ1) is 15.5. The molecule has 1 aliphatic heterocycles. The van der Waals surface area contributed by atoms with Crippen molar-refractivity contribution in [3.63, 3.8) is 0 Å². The number of anilines is 1. The summed E-state index contributed by atoms with van der Waals surface area (Å²) in [7, 11) is 1.55. The Balaban J connectivity index is 1.87. The molecule has 0 unspecified atom stereocenters. The predicted octanol–water partition coefficient (Wildman–Crippen LogP) is 5.25. The van der Waals surface area contributed by atoms with Crippen molar-refractivity contribution in [2.45, 2.75) is 32.6 Å². The highest BCUT2D eigenvalue weighted by molar-refractivity contribution is 9.10. The van der Waals surface area contributed by atoms with Gasteiger partial charge in [0.25, 0.3) is 11.8 Å². The third-order valence-corrected chi connectivity index (χ3v) is 5.80. The van der Waals surface area contributed by atoms with E-state index in [4.69, 9.17) is 21.7 Å². The highest BCUT2D eigenvalue weighted by Gasteiger charge is 2.34. The van der Waals surface area contributed by atoms with Crippen molar-refractivity contribution >= 4 is 56.8 Å². The van der Waals surface area contributed by atoms with Crippen LogP contribution in [0.5, 0.6) is 11.5 Å². The van der Waals surface area contributed by atoms with Crippen LogP contribution in [0.25, 0.3) is 6.08 Å².